The molecule has 0 saturated carbocycles. The molecule has 0 atom stereocenters. The largest absolute Gasteiger partial charge is 0.491 e. The zero-order chi connectivity index (χ0) is 31.5. The molecule has 1 amide bonds. The number of hydrogen-bond donors (Lipinski definition) is 2. The predicted octanol–water partition coefficient (Wildman–Crippen LogP) is 4.99. The monoisotopic (exact) mass is 608 g/mol. The van der Waals surface area contributed by atoms with Gasteiger partial charge in [-0.05, 0) is 55.2 Å². The maximum atomic E-state index is 13.2. The van der Waals surface area contributed by atoms with E-state index < -0.39 is 58.7 Å². The van der Waals surface area contributed by atoms with Crippen molar-refractivity contribution in [3.63, 3.8) is 0 Å². The molecule has 0 bridgehead atoms. The van der Waals surface area contributed by atoms with Crippen molar-refractivity contribution in [2.24, 2.45) is 5.73 Å². The first kappa shape index (κ1) is 31.0. The number of nitrogens with one attached hydrogen (secondary N) is 1. The van der Waals surface area contributed by atoms with Gasteiger partial charge in [0.1, 0.15) is 17.3 Å². The Hall–Kier alpha value is -4.95. The lowest BCUT2D eigenvalue weighted by Gasteiger charge is -2.34. The summed E-state index contributed by atoms with van der Waals surface area (Å²) in [4.78, 5) is 42.2. The van der Waals surface area contributed by atoms with Crippen LogP contribution >= 0.6 is 0 Å². The van der Waals surface area contributed by atoms with E-state index in [9.17, 15) is 40.7 Å². The molecule has 3 aromatic rings. The zero-order valence-electron chi connectivity index (χ0n) is 22.0. The van der Waals surface area contributed by atoms with Crippen LogP contribution < -0.4 is 15.2 Å². The van der Waals surface area contributed by atoms with Crippen molar-refractivity contribution in [1.82, 2.24) is 9.88 Å². The zero-order valence-corrected chi connectivity index (χ0v) is 22.0. The molecule has 0 spiro atoms. The van der Waals surface area contributed by atoms with Crippen molar-refractivity contribution in [1.29, 1.82) is 5.41 Å². The third-order valence-corrected chi connectivity index (χ3v) is 6.59. The number of nitrogen functional groups attached to an aromatic ring is 1. The van der Waals surface area contributed by atoms with Crippen LogP contribution in [0.1, 0.15) is 40.2 Å². The van der Waals surface area contributed by atoms with Crippen LogP contribution in [0.3, 0.4) is 0 Å². The topological polar surface area (TPSA) is 136 Å². The third-order valence-electron chi connectivity index (χ3n) is 6.59. The summed E-state index contributed by atoms with van der Waals surface area (Å²) >= 11 is 0. The molecular weight excluding hydrogens is 586 g/mol. The molecular formula is C28H22F6N4O5. The summed E-state index contributed by atoms with van der Waals surface area (Å²) < 4.78 is 87.2. The number of esters is 2. The molecule has 2 heterocycles. The van der Waals surface area contributed by atoms with Crippen molar-refractivity contribution in [2.45, 2.75) is 31.1 Å². The molecule has 9 nitrogen and oxygen atoms in total. The van der Waals surface area contributed by atoms with E-state index in [2.05, 4.69) is 14.5 Å². The van der Waals surface area contributed by atoms with Gasteiger partial charge in [-0.1, -0.05) is 18.2 Å². The Morgan fingerprint density at radius 2 is 1.47 bits per heavy atom. The van der Waals surface area contributed by atoms with Crippen LogP contribution in [0.15, 0.2) is 60.8 Å². The van der Waals surface area contributed by atoms with E-state index in [1.807, 2.05) is 6.07 Å². The molecule has 226 valence electrons. The lowest BCUT2D eigenvalue weighted by molar-refractivity contribution is -0.190. The molecule has 2 aromatic carbocycles. The number of carbonyl (C=O) groups excluding carboxylic acids is 3. The van der Waals surface area contributed by atoms with Gasteiger partial charge >= 0.3 is 24.3 Å². The summed E-state index contributed by atoms with van der Waals surface area (Å²) in [5.41, 5.74) is 6.22. The van der Waals surface area contributed by atoms with E-state index in [1.165, 1.54) is 4.90 Å². The van der Waals surface area contributed by atoms with Gasteiger partial charge in [-0.25, -0.2) is 9.59 Å². The van der Waals surface area contributed by atoms with Gasteiger partial charge in [-0.15, -0.1) is 0 Å². The Kier molecular flexibility index (Phi) is 8.73. The van der Waals surface area contributed by atoms with Crippen molar-refractivity contribution in [3.8, 4) is 22.8 Å². The minimum absolute atomic E-state index is 0.00486. The predicted molar refractivity (Wildman–Crippen MR) is 138 cm³/mol. The van der Waals surface area contributed by atoms with Crippen LogP contribution in [0.25, 0.3) is 11.3 Å². The number of hydrogen-bond acceptors (Lipinski definition) is 7. The van der Waals surface area contributed by atoms with Crippen LogP contribution in [-0.4, -0.2) is 59.0 Å². The average molecular weight is 608 g/mol. The van der Waals surface area contributed by atoms with E-state index >= 15 is 0 Å². The van der Waals surface area contributed by atoms with Gasteiger partial charge < -0.3 is 20.1 Å². The van der Waals surface area contributed by atoms with Crippen LogP contribution in [0.2, 0.25) is 0 Å². The summed E-state index contributed by atoms with van der Waals surface area (Å²) in [6.07, 6.45) is -9.42. The Morgan fingerprint density at radius 3 is 2.00 bits per heavy atom. The molecule has 1 fully saturated rings. The summed E-state index contributed by atoms with van der Waals surface area (Å²) in [6, 6.07) is 13.6. The number of benzene rings is 2. The third kappa shape index (κ3) is 7.10. The lowest BCUT2D eigenvalue weighted by Crippen LogP contribution is -2.38. The van der Waals surface area contributed by atoms with E-state index in [1.54, 1.807) is 42.6 Å². The van der Waals surface area contributed by atoms with Gasteiger partial charge in [0, 0.05) is 36.0 Å². The number of alkyl halides is 6. The van der Waals surface area contributed by atoms with Gasteiger partial charge in [-0.2, -0.15) is 26.3 Å². The molecule has 15 heteroatoms. The minimum Gasteiger partial charge on any atom is -0.419 e. The molecule has 4 rings (SSSR count). The first-order valence-corrected chi connectivity index (χ1v) is 12.6. The SMILES string of the molecule is N=C(N)c1ccc(OC(=O)C(F)(F)F)c(C2CCN(C(=O)c3ccc(-c4ccccn4)cc3)CC2)c1OC(=O)C(F)(F)F. The number of rotatable bonds is 6. The summed E-state index contributed by atoms with van der Waals surface area (Å²) in [5, 5.41) is 7.71. The second-order valence-electron chi connectivity index (χ2n) is 9.40. The van der Waals surface area contributed by atoms with Gasteiger partial charge in [0.05, 0.1) is 11.3 Å². The maximum Gasteiger partial charge on any atom is 0.491 e. The van der Waals surface area contributed by atoms with Gasteiger partial charge in [0.25, 0.3) is 5.91 Å². The molecule has 1 aliphatic heterocycles. The Labute approximate surface area is 239 Å². The fourth-order valence-electron chi connectivity index (χ4n) is 4.56. The number of aromatic nitrogens is 1. The normalized spacial score (nSPS) is 14.2. The number of pyridine rings is 1. The van der Waals surface area contributed by atoms with Crippen LogP contribution in [0, 0.1) is 5.41 Å². The smallest absolute Gasteiger partial charge is 0.419 e. The molecule has 3 N–H and O–H groups in total. The quantitative estimate of drug-likeness (QED) is 0.132. The number of amidine groups is 1. The number of ether oxygens (including phenoxy) is 2. The number of nitrogens with zero attached hydrogens (tertiary/aromatic N) is 2. The lowest BCUT2D eigenvalue weighted by atomic mass is 9.86. The molecule has 1 aliphatic rings. The molecule has 1 aromatic heterocycles. The molecule has 0 unspecified atom stereocenters. The number of halogens is 6. The Bertz CT molecular complexity index is 1530. The van der Waals surface area contributed by atoms with Crippen molar-refractivity contribution in [2.75, 3.05) is 13.1 Å². The Balaban J connectivity index is 1.62. The van der Waals surface area contributed by atoms with Gasteiger partial charge in [0.2, 0.25) is 0 Å². The number of nitrogens with two attached hydrogens (primary N) is 1. The molecule has 43 heavy (non-hydrogen) atoms. The maximum absolute atomic E-state index is 13.2. The van der Waals surface area contributed by atoms with E-state index in [-0.39, 0.29) is 31.8 Å². The summed E-state index contributed by atoms with van der Waals surface area (Å²) in [6.45, 7) is -0.00971. The first-order chi connectivity index (χ1) is 20.2. The van der Waals surface area contributed by atoms with Crippen LogP contribution in [-0.2, 0) is 9.59 Å². The average Bonchev–Trinajstić information content (AvgIpc) is 2.96. The minimum atomic E-state index is -5.51. The molecule has 0 aliphatic carbocycles. The fraction of sp³-hybridized carbons (Fsp3) is 0.250. The Morgan fingerprint density at radius 1 is 0.860 bits per heavy atom. The van der Waals surface area contributed by atoms with Crippen molar-refractivity contribution >= 4 is 23.7 Å². The van der Waals surface area contributed by atoms with Crippen molar-refractivity contribution in [3.05, 3.63) is 77.5 Å². The highest BCUT2D eigenvalue weighted by Gasteiger charge is 2.45. The van der Waals surface area contributed by atoms with E-state index in [0.29, 0.717) is 11.3 Å². The van der Waals surface area contributed by atoms with Crippen LogP contribution in [0.4, 0.5) is 26.3 Å². The highest BCUT2D eigenvalue weighted by molar-refractivity contribution is 6.00. The second-order valence-corrected chi connectivity index (χ2v) is 9.40. The summed E-state index contributed by atoms with van der Waals surface area (Å²) in [7, 11) is 0. The number of piperidine rings is 1. The van der Waals surface area contributed by atoms with Gasteiger partial charge in [0.15, 0.2) is 0 Å². The summed E-state index contributed by atoms with van der Waals surface area (Å²) in [5.74, 6) is -9.37. The number of carbonyl (C=O) groups is 3. The number of likely N-dealkylation sites (tertiary alicyclic amines) is 1. The molecule has 0 radical (unpaired) electrons. The van der Waals surface area contributed by atoms with E-state index in [0.717, 1.165) is 17.7 Å². The van der Waals surface area contributed by atoms with Crippen LogP contribution in [0.5, 0.6) is 11.5 Å². The highest BCUT2D eigenvalue weighted by Crippen LogP contribution is 2.44. The standard InChI is InChI=1S/C28H22F6N4O5/c29-27(30,31)25(40)42-20-9-8-18(23(35)36)22(43-26(41)28(32,33)34)21(20)16-10-13-38(14-11-16)24(39)17-6-4-15(5-7-17)19-3-1-2-12-37-19/h1-9,12,16H,10-11,13-14H2,(H3,35,36). The highest BCUT2D eigenvalue weighted by atomic mass is 19.4. The number of amides is 1. The van der Waals surface area contributed by atoms with Gasteiger partial charge in [-0.3, -0.25) is 15.2 Å². The second kappa shape index (κ2) is 12.1. The first-order valence-electron chi connectivity index (χ1n) is 12.6. The fourth-order valence-corrected chi connectivity index (χ4v) is 4.56. The molecule has 1 saturated heterocycles. The van der Waals surface area contributed by atoms with E-state index in [4.69, 9.17) is 11.1 Å². The van der Waals surface area contributed by atoms with Crippen molar-refractivity contribution < 1.29 is 50.2 Å².